The third-order valence-electron chi connectivity index (χ3n) is 1.76. The van der Waals surface area contributed by atoms with Crippen molar-refractivity contribution in [3.63, 3.8) is 0 Å². The zero-order valence-electron chi connectivity index (χ0n) is 9.14. The van der Waals surface area contributed by atoms with E-state index in [1.807, 2.05) is 4.72 Å². The van der Waals surface area contributed by atoms with Gasteiger partial charge in [0.2, 0.25) is 5.03 Å². The number of sulfonamides is 1. The van der Waals surface area contributed by atoms with Crippen molar-refractivity contribution in [1.29, 1.82) is 0 Å². The Hall–Kier alpha value is -1.19. The Labute approximate surface area is 102 Å². The van der Waals surface area contributed by atoms with Crippen LogP contribution in [0.25, 0.3) is 0 Å². The molecule has 0 aliphatic rings. The van der Waals surface area contributed by atoms with Crippen LogP contribution in [0.5, 0.6) is 0 Å². The van der Waals surface area contributed by atoms with Crippen LogP contribution in [-0.4, -0.2) is 39.6 Å². The normalized spacial score (nSPS) is 12.0. The molecule has 1 heterocycles. The number of ether oxygens (including phenoxy) is 1. The zero-order chi connectivity index (χ0) is 13.6. The Morgan fingerprint density at radius 1 is 1.44 bits per heavy atom. The summed E-state index contributed by atoms with van der Waals surface area (Å²) in [5.41, 5.74) is 0. The van der Waals surface area contributed by atoms with E-state index >= 15 is 0 Å². The highest BCUT2D eigenvalue weighted by Crippen LogP contribution is 2.09. The summed E-state index contributed by atoms with van der Waals surface area (Å²) < 4.78 is 66.1. The van der Waals surface area contributed by atoms with Gasteiger partial charge in [-0.2, -0.15) is 0 Å². The third-order valence-corrected chi connectivity index (χ3v) is 3.16. The number of nitrogens with one attached hydrogen (secondary N) is 1. The molecule has 0 fully saturated rings. The van der Waals surface area contributed by atoms with E-state index in [-0.39, 0.29) is 13.2 Å². The fourth-order valence-electron chi connectivity index (χ4n) is 1.06. The van der Waals surface area contributed by atoms with Crippen LogP contribution in [0.4, 0.5) is 13.2 Å². The molecule has 18 heavy (non-hydrogen) atoms. The van der Waals surface area contributed by atoms with Gasteiger partial charge in [0.1, 0.15) is 6.61 Å². The molecule has 0 aliphatic carbocycles. The standard InChI is InChI=1S/C9H11F3N2O3S/c10-7-2-1-3-13-9(7)18(15,16)14-4-5-17-6-8(11)12/h1-3,8,14H,4-6H2. The van der Waals surface area contributed by atoms with Crippen molar-refractivity contribution >= 4 is 10.0 Å². The van der Waals surface area contributed by atoms with Crippen molar-refractivity contribution in [2.75, 3.05) is 19.8 Å². The molecule has 0 saturated heterocycles. The van der Waals surface area contributed by atoms with E-state index in [1.54, 1.807) is 0 Å². The van der Waals surface area contributed by atoms with E-state index in [4.69, 9.17) is 0 Å². The Kier molecular flexibility index (Phi) is 5.51. The minimum Gasteiger partial charge on any atom is -0.374 e. The summed E-state index contributed by atoms with van der Waals surface area (Å²) in [4.78, 5) is 3.39. The summed E-state index contributed by atoms with van der Waals surface area (Å²) in [5.74, 6) is -0.988. The second kappa shape index (κ2) is 6.66. The van der Waals surface area contributed by atoms with E-state index in [0.29, 0.717) is 0 Å². The molecule has 0 radical (unpaired) electrons. The zero-order valence-corrected chi connectivity index (χ0v) is 9.96. The van der Waals surface area contributed by atoms with Gasteiger partial charge in [-0.15, -0.1) is 0 Å². The number of pyridine rings is 1. The molecular weight excluding hydrogens is 273 g/mol. The van der Waals surface area contributed by atoms with Crippen LogP contribution in [-0.2, 0) is 14.8 Å². The first-order valence-corrected chi connectivity index (χ1v) is 6.38. The van der Waals surface area contributed by atoms with Crippen LogP contribution in [0.2, 0.25) is 0 Å². The lowest BCUT2D eigenvalue weighted by Crippen LogP contribution is -2.29. The van der Waals surface area contributed by atoms with E-state index in [0.717, 1.165) is 12.3 Å². The predicted octanol–water partition coefficient (Wildman–Crippen LogP) is 0.781. The topological polar surface area (TPSA) is 68.3 Å². The molecule has 5 nitrogen and oxygen atoms in total. The lowest BCUT2D eigenvalue weighted by Gasteiger charge is -2.07. The van der Waals surface area contributed by atoms with Gasteiger partial charge in [0, 0.05) is 12.7 Å². The number of nitrogens with zero attached hydrogens (tertiary/aromatic N) is 1. The molecule has 9 heteroatoms. The number of alkyl halides is 2. The van der Waals surface area contributed by atoms with Crippen LogP contribution in [0.1, 0.15) is 0 Å². The molecule has 0 aromatic carbocycles. The highest BCUT2D eigenvalue weighted by atomic mass is 32.2. The van der Waals surface area contributed by atoms with Gasteiger partial charge >= 0.3 is 0 Å². The summed E-state index contributed by atoms with van der Waals surface area (Å²) in [6, 6.07) is 2.20. The minimum atomic E-state index is -4.10. The van der Waals surface area contributed by atoms with Gasteiger partial charge in [-0.3, -0.25) is 0 Å². The smallest absolute Gasteiger partial charge is 0.261 e. The number of hydrogen-bond acceptors (Lipinski definition) is 4. The molecule has 0 aliphatic heterocycles. The van der Waals surface area contributed by atoms with Crippen molar-refractivity contribution in [1.82, 2.24) is 9.71 Å². The van der Waals surface area contributed by atoms with Crippen LogP contribution in [0, 0.1) is 5.82 Å². The Morgan fingerprint density at radius 3 is 2.78 bits per heavy atom. The minimum absolute atomic E-state index is 0.238. The van der Waals surface area contributed by atoms with Gasteiger partial charge in [-0.25, -0.2) is 31.3 Å². The van der Waals surface area contributed by atoms with Gasteiger partial charge in [0.15, 0.2) is 5.82 Å². The van der Waals surface area contributed by atoms with E-state index < -0.39 is 33.9 Å². The second-order valence-electron chi connectivity index (χ2n) is 3.15. The molecular formula is C9H11F3N2O3S. The molecule has 0 atom stereocenters. The first-order chi connectivity index (χ1) is 8.43. The number of rotatable bonds is 7. The van der Waals surface area contributed by atoms with Gasteiger partial charge in [0.05, 0.1) is 6.61 Å². The fourth-order valence-corrected chi connectivity index (χ4v) is 2.07. The van der Waals surface area contributed by atoms with Crippen molar-refractivity contribution in [3.05, 3.63) is 24.1 Å². The maximum atomic E-state index is 13.2. The summed E-state index contributed by atoms with van der Waals surface area (Å²) in [7, 11) is -4.10. The first kappa shape index (κ1) is 14.9. The van der Waals surface area contributed by atoms with Gasteiger partial charge < -0.3 is 4.74 Å². The molecule has 1 aromatic rings. The molecule has 0 spiro atoms. The summed E-state index contributed by atoms with van der Waals surface area (Å²) in [6.45, 7) is -1.26. The number of hydrogen-bond donors (Lipinski definition) is 1. The van der Waals surface area contributed by atoms with Gasteiger partial charge in [-0.05, 0) is 12.1 Å². The monoisotopic (exact) mass is 284 g/mol. The molecule has 0 unspecified atom stereocenters. The van der Waals surface area contributed by atoms with Crippen LogP contribution in [0.15, 0.2) is 23.4 Å². The third kappa shape index (κ3) is 4.59. The Balaban J connectivity index is 2.49. The summed E-state index contributed by atoms with van der Waals surface area (Å²) >= 11 is 0. The lowest BCUT2D eigenvalue weighted by atomic mass is 10.5. The molecule has 1 N–H and O–H groups in total. The summed E-state index contributed by atoms with van der Waals surface area (Å²) in [6.07, 6.45) is -1.49. The van der Waals surface area contributed by atoms with Crippen LogP contribution in [0.3, 0.4) is 0 Å². The fraction of sp³-hybridized carbons (Fsp3) is 0.444. The van der Waals surface area contributed by atoms with E-state index in [1.165, 1.54) is 6.07 Å². The van der Waals surface area contributed by atoms with Crippen LogP contribution >= 0.6 is 0 Å². The van der Waals surface area contributed by atoms with Gasteiger partial charge in [0.25, 0.3) is 16.4 Å². The number of aromatic nitrogens is 1. The maximum absolute atomic E-state index is 13.2. The first-order valence-electron chi connectivity index (χ1n) is 4.89. The Bertz CT molecular complexity index is 482. The molecule has 0 amide bonds. The highest BCUT2D eigenvalue weighted by Gasteiger charge is 2.19. The lowest BCUT2D eigenvalue weighted by molar-refractivity contribution is 0.0199. The highest BCUT2D eigenvalue weighted by molar-refractivity contribution is 7.89. The van der Waals surface area contributed by atoms with Crippen molar-refractivity contribution in [2.45, 2.75) is 11.5 Å². The van der Waals surface area contributed by atoms with Gasteiger partial charge in [-0.1, -0.05) is 0 Å². The quantitative estimate of drug-likeness (QED) is 0.751. The molecule has 1 aromatic heterocycles. The summed E-state index contributed by atoms with van der Waals surface area (Å²) in [5, 5.41) is -0.737. The van der Waals surface area contributed by atoms with Crippen molar-refractivity contribution < 1.29 is 26.3 Å². The number of halogens is 3. The molecule has 0 saturated carbocycles. The van der Waals surface area contributed by atoms with Crippen LogP contribution < -0.4 is 4.72 Å². The second-order valence-corrected chi connectivity index (χ2v) is 4.84. The SMILES string of the molecule is O=S(=O)(NCCOCC(F)F)c1ncccc1F. The Morgan fingerprint density at radius 2 is 2.17 bits per heavy atom. The average molecular weight is 284 g/mol. The van der Waals surface area contributed by atoms with E-state index in [9.17, 15) is 21.6 Å². The van der Waals surface area contributed by atoms with Crippen molar-refractivity contribution in [3.8, 4) is 0 Å². The largest absolute Gasteiger partial charge is 0.374 e. The molecule has 102 valence electrons. The molecule has 1 rings (SSSR count). The average Bonchev–Trinajstić information content (AvgIpc) is 2.28. The molecule has 0 bridgehead atoms. The predicted molar refractivity (Wildman–Crippen MR) is 56.2 cm³/mol. The van der Waals surface area contributed by atoms with Crippen molar-refractivity contribution in [2.24, 2.45) is 0 Å². The van der Waals surface area contributed by atoms with E-state index in [2.05, 4.69) is 9.72 Å². The maximum Gasteiger partial charge on any atom is 0.261 e.